The molecule has 3 heterocycles. The van der Waals surface area contributed by atoms with E-state index >= 15 is 0 Å². The number of hydrogen-bond donors (Lipinski definition) is 1. The van der Waals surface area contributed by atoms with E-state index in [2.05, 4.69) is 31.9 Å². The smallest absolute Gasteiger partial charge is 0.216 e. The molecule has 0 atom stereocenters. The Bertz CT molecular complexity index is 1260. The Morgan fingerprint density at radius 3 is 2.80 bits per heavy atom. The molecule has 1 aromatic carbocycles. The van der Waals surface area contributed by atoms with Crippen molar-refractivity contribution in [2.45, 2.75) is 25.9 Å². The second kappa shape index (κ2) is 7.93. The first-order valence-corrected chi connectivity index (χ1v) is 9.45. The lowest BCUT2D eigenvalue weighted by molar-refractivity contribution is 0.143. The predicted octanol–water partition coefficient (Wildman–Crippen LogP) is 2.93. The molecule has 0 aliphatic carbocycles. The maximum absolute atomic E-state index is 9.85. The molecule has 0 fully saturated rings. The van der Waals surface area contributed by atoms with Crippen molar-refractivity contribution in [2.24, 2.45) is 0 Å². The molecule has 0 unspecified atom stereocenters. The van der Waals surface area contributed by atoms with E-state index in [9.17, 15) is 5.11 Å². The second-order valence-electron chi connectivity index (χ2n) is 7.36. The number of aliphatic hydroxyl groups is 1. The van der Waals surface area contributed by atoms with E-state index in [0.29, 0.717) is 18.1 Å². The summed E-state index contributed by atoms with van der Waals surface area (Å²) < 4.78 is 7.10. The van der Waals surface area contributed by atoms with Crippen molar-refractivity contribution in [1.82, 2.24) is 24.7 Å². The van der Waals surface area contributed by atoms with Crippen LogP contribution in [0, 0.1) is 11.8 Å². The molecule has 4 aromatic rings. The van der Waals surface area contributed by atoms with Crippen molar-refractivity contribution < 1.29 is 9.84 Å². The molecule has 0 bridgehead atoms. The van der Waals surface area contributed by atoms with Gasteiger partial charge in [0.05, 0.1) is 24.5 Å². The van der Waals surface area contributed by atoms with Crippen molar-refractivity contribution in [1.29, 1.82) is 0 Å². The van der Waals surface area contributed by atoms with Gasteiger partial charge in [-0.2, -0.15) is 5.10 Å². The van der Waals surface area contributed by atoms with Gasteiger partial charge in [-0.15, -0.1) is 0 Å². The van der Waals surface area contributed by atoms with E-state index in [0.717, 1.165) is 27.7 Å². The number of fused-ring (bicyclic) bond motifs is 1. The molecular weight excluding hydrogens is 378 g/mol. The number of ether oxygens (including phenoxy) is 1. The first-order valence-electron chi connectivity index (χ1n) is 9.45. The zero-order valence-electron chi connectivity index (χ0n) is 17.0. The predicted molar refractivity (Wildman–Crippen MR) is 113 cm³/mol. The fourth-order valence-corrected chi connectivity index (χ4v) is 3.04. The van der Waals surface area contributed by atoms with Crippen LogP contribution in [-0.4, -0.2) is 42.5 Å². The largest absolute Gasteiger partial charge is 0.481 e. The third kappa shape index (κ3) is 4.29. The van der Waals surface area contributed by atoms with Gasteiger partial charge in [0, 0.05) is 35.2 Å². The molecule has 0 spiro atoms. The van der Waals surface area contributed by atoms with Crippen molar-refractivity contribution in [3.63, 3.8) is 0 Å². The fourth-order valence-electron chi connectivity index (χ4n) is 3.04. The van der Waals surface area contributed by atoms with Crippen LogP contribution in [0.4, 0.5) is 0 Å². The van der Waals surface area contributed by atoms with Crippen LogP contribution < -0.4 is 4.74 Å². The molecule has 7 nitrogen and oxygen atoms in total. The monoisotopic (exact) mass is 399 g/mol. The van der Waals surface area contributed by atoms with E-state index < -0.39 is 5.60 Å². The lowest BCUT2D eigenvalue weighted by Gasteiger charge is -2.08. The van der Waals surface area contributed by atoms with Crippen molar-refractivity contribution in [3.8, 4) is 23.5 Å². The Kier molecular flexibility index (Phi) is 5.17. The topological polar surface area (TPSA) is 86.0 Å². The molecule has 0 saturated carbocycles. The minimum atomic E-state index is -1.05. The number of aromatic nitrogens is 5. The average Bonchev–Trinajstić information content (AvgIpc) is 3.16. The molecule has 4 rings (SSSR count). The highest BCUT2D eigenvalue weighted by atomic mass is 16.5. The third-order valence-corrected chi connectivity index (χ3v) is 4.42. The Morgan fingerprint density at radius 2 is 2.00 bits per heavy atom. The van der Waals surface area contributed by atoms with Crippen LogP contribution in [0.1, 0.15) is 30.7 Å². The number of rotatable bonds is 4. The van der Waals surface area contributed by atoms with Gasteiger partial charge in [-0.1, -0.05) is 17.9 Å². The maximum Gasteiger partial charge on any atom is 0.216 e. The summed E-state index contributed by atoms with van der Waals surface area (Å²) in [5.41, 5.74) is 2.39. The van der Waals surface area contributed by atoms with Gasteiger partial charge in [-0.3, -0.25) is 0 Å². The number of pyridine rings is 1. The average molecular weight is 399 g/mol. The highest BCUT2D eigenvalue weighted by molar-refractivity contribution is 5.81. The molecule has 1 N–H and O–H groups in total. The summed E-state index contributed by atoms with van der Waals surface area (Å²) in [4.78, 5) is 13.0. The molecule has 3 aromatic heterocycles. The SMILES string of the molecule is COc1ncccc1Cc1cc(-n2ncc3ccc(C#CC(C)(C)O)cc32)ncn1. The maximum atomic E-state index is 9.85. The number of benzene rings is 1. The van der Waals surface area contributed by atoms with Crippen molar-refractivity contribution in [2.75, 3.05) is 7.11 Å². The minimum Gasteiger partial charge on any atom is -0.481 e. The lowest BCUT2D eigenvalue weighted by Crippen LogP contribution is -2.14. The molecule has 0 aliphatic rings. The Labute approximate surface area is 174 Å². The first kappa shape index (κ1) is 19.6. The zero-order valence-corrected chi connectivity index (χ0v) is 17.0. The van der Waals surface area contributed by atoms with Gasteiger partial charge in [0.15, 0.2) is 5.82 Å². The van der Waals surface area contributed by atoms with Gasteiger partial charge in [-0.05, 0) is 38.1 Å². The van der Waals surface area contributed by atoms with Gasteiger partial charge < -0.3 is 9.84 Å². The number of nitrogens with zero attached hydrogens (tertiary/aromatic N) is 5. The van der Waals surface area contributed by atoms with E-state index in [1.54, 1.807) is 38.0 Å². The summed E-state index contributed by atoms with van der Waals surface area (Å²) in [6.07, 6.45) is 5.57. The van der Waals surface area contributed by atoms with E-state index in [-0.39, 0.29) is 0 Å². The van der Waals surface area contributed by atoms with Crippen molar-refractivity contribution in [3.05, 3.63) is 71.9 Å². The molecule has 0 amide bonds. The van der Waals surface area contributed by atoms with E-state index in [1.807, 2.05) is 36.4 Å². The van der Waals surface area contributed by atoms with Crippen LogP contribution in [0.5, 0.6) is 5.88 Å². The normalized spacial score (nSPS) is 11.2. The zero-order chi connectivity index (χ0) is 21.1. The second-order valence-corrected chi connectivity index (χ2v) is 7.36. The summed E-state index contributed by atoms with van der Waals surface area (Å²) in [7, 11) is 1.60. The van der Waals surface area contributed by atoms with E-state index in [1.165, 1.54) is 6.33 Å². The lowest BCUT2D eigenvalue weighted by atomic mass is 10.1. The fraction of sp³-hybridized carbons (Fsp3) is 0.217. The van der Waals surface area contributed by atoms with Crippen LogP contribution in [-0.2, 0) is 6.42 Å². The van der Waals surface area contributed by atoms with Crippen LogP contribution >= 0.6 is 0 Å². The van der Waals surface area contributed by atoms with Crippen LogP contribution in [0.3, 0.4) is 0 Å². The molecular formula is C23H21N5O2. The summed E-state index contributed by atoms with van der Waals surface area (Å²) in [6.45, 7) is 3.31. The molecule has 0 aliphatic heterocycles. The molecule has 150 valence electrons. The number of methoxy groups -OCH3 is 1. The summed E-state index contributed by atoms with van der Waals surface area (Å²) in [6, 6.07) is 11.5. The Morgan fingerprint density at radius 1 is 1.13 bits per heavy atom. The van der Waals surface area contributed by atoms with Gasteiger partial charge in [-0.25, -0.2) is 19.6 Å². The summed E-state index contributed by atoms with van der Waals surface area (Å²) in [5, 5.41) is 15.3. The highest BCUT2D eigenvalue weighted by Gasteiger charge is 2.11. The van der Waals surface area contributed by atoms with Crippen molar-refractivity contribution >= 4 is 10.9 Å². The molecule has 30 heavy (non-hydrogen) atoms. The van der Waals surface area contributed by atoms with Gasteiger partial charge >= 0.3 is 0 Å². The standard InChI is InChI=1S/C23H21N5O2/c1-23(2,29)9-8-16-6-7-18-14-27-28(20(18)11-16)21-13-19(25-15-26-21)12-17-5-4-10-24-22(17)30-3/h4-7,10-11,13-15,29H,12H2,1-3H3. The third-order valence-electron chi connectivity index (χ3n) is 4.42. The van der Waals surface area contributed by atoms with Crippen LogP contribution in [0.2, 0.25) is 0 Å². The summed E-state index contributed by atoms with van der Waals surface area (Å²) in [5.74, 6) is 7.08. The quantitative estimate of drug-likeness (QED) is 0.531. The van der Waals surface area contributed by atoms with Gasteiger partial charge in [0.25, 0.3) is 0 Å². The molecule has 0 radical (unpaired) electrons. The minimum absolute atomic E-state index is 0.564. The first-order chi connectivity index (χ1) is 14.4. The Balaban J connectivity index is 1.70. The van der Waals surface area contributed by atoms with Crippen LogP contribution in [0.25, 0.3) is 16.7 Å². The molecule has 7 heteroatoms. The van der Waals surface area contributed by atoms with E-state index in [4.69, 9.17) is 4.74 Å². The highest BCUT2D eigenvalue weighted by Crippen LogP contribution is 2.21. The number of hydrogen-bond acceptors (Lipinski definition) is 6. The molecule has 0 saturated heterocycles. The van der Waals surface area contributed by atoms with Gasteiger partial charge in [0.2, 0.25) is 5.88 Å². The van der Waals surface area contributed by atoms with Crippen LogP contribution in [0.15, 0.2) is 55.1 Å². The van der Waals surface area contributed by atoms with Gasteiger partial charge in [0.1, 0.15) is 11.9 Å². The summed E-state index contributed by atoms with van der Waals surface area (Å²) >= 11 is 0. The Hall–Kier alpha value is -3.76.